The van der Waals surface area contributed by atoms with Crippen molar-refractivity contribution in [1.82, 2.24) is 17.5 Å². The predicted molar refractivity (Wildman–Crippen MR) is 412 cm³/mol. The van der Waals surface area contributed by atoms with Gasteiger partial charge in [-0.3, -0.25) is 0 Å². The molecular weight excluding hydrogens is 1360 g/mol. The zero-order valence-corrected chi connectivity index (χ0v) is 61.9. The molecule has 3 aliphatic carbocycles. The second-order valence-corrected chi connectivity index (χ2v) is 28.5. The zero-order valence-electron chi connectivity index (χ0n) is 60.2. The lowest BCUT2D eigenvalue weighted by molar-refractivity contribution is -0.215. The number of ether oxygens (including phenoxy) is 8. The second-order valence-electron chi connectivity index (χ2n) is 27.4. The maximum atomic E-state index is 14.8. The van der Waals surface area contributed by atoms with Gasteiger partial charge in [0.25, 0.3) is 0 Å². The summed E-state index contributed by atoms with van der Waals surface area (Å²) in [6.07, 6.45) is 0.908. The van der Waals surface area contributed by atoms with Gasteiger partial charge in [0.1, 0.15) is 52.2 Å². The number of carbonyl (C=O) groups excluding carboxylic acids is 2. The molecule has 0 atom stereocenters. The third-order valence-electron chi connectivity index (χ3n) is 20.7. The predicted octanol–water partition coefficient (Wildman–Crippen LogP) is 18.5. The van der Waals surface area contributed by atoms with Crippen LogP contribution in [0, 0.1) is 0 Å². The van der Waals surface area contributed by atoms with Crippen molar-refractivity contribution in [3.8, 4) is 89.4 Å². The van der Waals surface area contributed by atoms with Gasteiger partial charge in [-0.05, 0) is 169 Å². The number of rotatable bonds is 30. The number of benzene rings is 10. The minimum Gasteiger partial charge on any atom is -0.490 e. The monoisotopic (exact) mass is 1440 g/mol. The lowest BCUT2D eigenvalue weighted by atomic mass is 9.66. The summed E-state index contributed by atoms with van der Waals surface area (Å²) in [6, 6.07) is 63.7. The van der Waals surface area contributed by atoms with Crippen LogP contribution in [0.25, 0.3) is 100.0 Å². The Kier molecular flexibility index (Phi) is 20.4. The summed E-state index contributed by atoms with van der Waals surface area (Å²) in [5.74, 6) is -0.801. The Bertz CT molecular complexity index is 4950. The van der Waals surface area contributed by atoms with Crippen LogP contribution >= 0.6 is 23.5 Å². The number of hydrogen-bond acceptors (Lipinski definition) is 18. The number of esters is 2. The molecule has 16 nitrogen and oxygen atoms in total. The molecule has 0 radical (unpaired) electrons. The van der Waals surface area contributed by atoms with E-state index in [2.05, 4.69) is 180 Å². The zero-order chi connectivity index (χ0) is 72.4. The average Bonchev–Trinajstić information content (AvgIpc) is 1.55. The van der Waals surface area contributed by atoms with Gasteiger partial charge in [0.05, 0.1) is 94.9 Å². The van der Waals surface area contributed by atoms with Crippen molar-refractivity contribution >= 4 is 57.5 Å². The molecule has 534 valence electrons. The molecule has 0 unspecified atom stereocenters. The van der Waals surface area contributed by atoms with Gasteiger partial charge in [0.2, 0.25) is 0 Å². The van der Waals surface area contributed by atoms with Crippen LogP contribution in [-0.4, -0.2) is 122 Å². The number of fused-ring (bicyclic) bond motifs is 11. The van der Waals surface area contributed by atoms with E-state index in [1.165, 1.54) is 68.0 Å². The molecule has 18 heteroatoms. The maximum Gasteiger partial charge on any atom is 0.342 e. The van der Waals surface area contributed by atoms with E-state index in [0.717, 1.165) is 95.2 Å². The fraction of sp³-hybridized carbons (Fsp3) is 0.287. The van der Waals surface area contributed by atoms with E-state index in [1.54, 1.807) is 27.0 Å². The van der Waals surface area contributed by atoms with Crippen molar-refractivity contribution in [3.63, 3.8) is 0 Å². The smallest absolute Gasteiger partial charge is 0.342 e. The van der Waals surface area contributed by atoms with Crippen molar-refractivity contribution in [2.45, 2.75) is 71.1 Å². The maximum absolute atomic E-state index is 14.8. The van der Waals surface area contributed by atoms with Crippen LogP contribution in [0.2, 0.25) is 0 Å². The van der Waals surface area contributed by atoms with Crippen LogP contribution in [-0.2, 0) is 54.3 Å². The number of methoxy groups -OCH3 is 1. The fourth-order valence-electron chi connectivity index (χ4n) is 15.7. The molecule has 0 saturated heterocycles. The first-order valence-electron chi connectivity index (χ1n) is 36.0. The van der Waals surface area contributed by atoms with Crippen LogP contribution in [0.1, 0.15) is 120 Å². The van der Waals surface area contributed by atoms with E-state index in [0.29, 0.717) is 63.1 Å². The Balaban J connectivity index is 0.908. The molecule has 0 bridgehead atoms. The van der Waals surface area contributed by atoms with Crippen LogP contribution in [0.15, 0.2) is 182 Å². The molecule has 0 N–H and O–H groups in total. The molecule has 12 aromatic rings. The molecule has 0 amide bonds. The first-order chi connectivity index (χ1) is 51.3. The summed E-state index contributed by atoms with van der Waals surface area (Å²) < 4.78 is 66.7. The number of carbonyl (C=O) groups is 2. The Morgan fingerprint density at radius 2 is 0.724 bits per heavy atom. The topological polar surface area (TPSA) is 178 Å². The molecule has 10 aromatic carbocycles. The summed E-state index contributed by atoms with van der Waals surface area (Å²) >= 11 is 2.36. The van der Waals surface area contributed by atoms with E-state index in [4.69, 9.17) is 65.2 Å². The normalized spacial score (nSPS) is 13.8. The van der Waals surface area contributed by atoms with Gasteiger partial charge in [0.15, 0.2) is 5.75 Å². The van der Waals surface area contributed by atoms with Gasteiger partial charge < -0.3 is 42.8 Å². The van der Waals surface area contributed by atoms with Crippen molar-refractivity contribution in [3.05, 3.63) is 238 Å². The minimum absolute atomic E-state index is 0.0561. The number of nitrogens with zero attached hydrogens (tertiary/aromatic N) is 4. The lowest BCUT2D eigenvalue weighted by Crippen LogP contribution is -2.30. The molecule has 0 saturated carbocycles. The van der Waals surface area contributed by atoms with Crippen molar-refractivity contribution in [2.24, 2.45) is 0 Å². The van der Waals surface area contributed by atoms with E-state index in [-0.39, 0.29) is 67.3 Å². The number of aromatic nitrogens is 4. The second kappa shape index (κ2) is 30.3. The molecule has 15 rings (SSSR count). The molecule has 0 fully saturated rings. The molecule has 3 aliphatic rings. The SMILES string of the molecule is CCCOCCOCCOOc1ccc(C2(c3ccc(OCCOCCOCCOC)c(C(=O)OCC)c3)c3cc(-c4ccc(-c5ccc6c(c5)C(C)(C)c5ccccc5-6)c5nsnc45)ccc3-c3ccc(-c4ccc(-c5ccc6c(c5)C(C)(C)c5ccccc5-6)c5nsnc45)cc32)cc1C(=O)OCC. The average molecular weight is 1440 g/mol. The minimum atomic E-state index is -1.38. The highest BCUT2D eigenvalue weighted by molar-refractivity contribution is 7.00. The highest BCUT2D eigenvalue weighted by Gasteiger charge is 2.48. The van der Waals surface area contributed by atoms with Gasteiger partial charge in [0, 0.05) is 46.8 Å². The van der Waals surface area contributed by atoms with E-state index < -0.39 is 17.4 Å². The third-order valence-corrected chi connectivity index (χ3v) is 21.7. The molecule has 2 heterocycles. The Morgan fingerprint density at radius 3 is 1.16 bits per heavy atom. The van der Waals surface area contributed by atoms with Gasteiger partial charge in [-0.2, -0.15) is 22.4 Å². The van der Waals surface area contributed by atoms with Crippen LogP contribution in [0.5, 0.6) is 11.5 Å². The first-order valence-corrected chi connectivity index (χ1v) is 37.4. The highest BCUT2D eigenvalue weighted by atomic mass is 32.1. The highest BCUT2D eigenvalue weighted by Crippen LogP contribution is 2.60. The summed E-state index contributed by atoms with van der Waals surface area (Å²) in [7, 11) is 1.63. The lowest BCUT2D eigenvalue weighted by Gasteiger charge is -2.35. The molecular formula is C87H82N4O12S2. The van der Waals surface area contributed by atoms with Crippen molar-refractivity contribution in [1.29, 1.82) is 0 Å². The summed E-state index contributed by atoms with van der Waals surface area (Å²) in [5, 5.41) is 0. The van der Waals surface area contributed by atoms with Crippen LogP contribution in [0.3, 0.4) is 0 Å². The van der Waals surface area contributed by atoms with Crippen LogP contribution < -0.4 is 9.62 Å². The molecule has 0 spiro atoms. The largest absolute Gasteiger partial charge is 0.490 e. The van der Waals surface area contributed by atoms with Crippen molar-refractivity contribution < 1.29 is 57.3 Å². The van der Waals surface area contributed by atoms with Gasteiger partial charge in [-0.1, -0.05) is 168 Å². The van der Waals surface area contributed by atoms with Crippen LogP contribution in [0.4, 0.5) is 0 Å². The molecule has 2 aromatic heterocycles. The van der Waals surface area contributed by atoms with Gasteiger partial charge in [-0.15, -0.1) is 0 Å². The summed E-state index contributed by atoms with van der Waals surface area (Å²) in [6.45, 7) is 18.7. The molecule has 0 aliphatic heterocycles. The van der Waals surface area contributed by atoms with Gasteiger partial charge >= 0.3 is 11.9 Å². The van der Waals surface area contributed by atoms with E-state index in [1.807, 2.05) is 30.3 Å². The van der Waals surface area contributed by atoms with Crippen molar-refractivity contribution in [2.75, 3.05) is 93.0 Å². The molecule has 105 heavy (non-hydrogen) atoms. The standard InChI is InChI=1S/C87H82N4O12S2/c1-9-36-95-39-40-98-44-46-102-103-78-35-25-58(52-70(78)84(93)100-11-3)87(57-24-34-77(69(51-57)83(92)99-10-2)101-45-43-97-42-41-96-38-37-94-8)75-49-55(61-32-30-59(79-81(61)90-104-88-79)53-20-26-65-63-16-12-14-18-71(63)85(4,5)73(65)47-53)22-28-67(75)68-29-23-56(50-76(68)87)62-33-31-60(80-82(62)91-105-89-80)54-21-27-66-64-17-13-15-19-72(64)86(6,7)74(66)48-54/h12-35,47-52H,9-11,36-46H2,1-8H3. The summed E-state index contributed by atoms with van der Waals surface area (Å²) in [4.78, 5) is 41.5. The quantitative estimate of drug-likeness (QED) is 0.0179. The van der Waals surface area contributed by atoms with Gasteiger partial charge in [-0.25, -0.2) is 9.59 Å². The Labute approximate surface area is 619 Å². The third kappa shape index (κ3) is 13.0. The summed E-state index contributed by atoms with van der Waals surface area (Å²) in [5.41, 5.74) is 24.0. The van der Waals surface area contributed by atoms with E-state index in [9.17, 15) is 9.59 Å². The first kappa shape index (κ1) is 70.8. The van der Waals surface area contributed by atoms with E-state index >= 15 is 0 Å². The Morgan fingerprint density at radius 1 is 0.362 bits per heavy atom. The number of hydrogen-bond donors (Lipinski definition) is 0. The fourth-order valence-corrected chi connectivity index (χ4v) is 16.8. The Hall–Kier alpha value is -9.86.